The van der Waals surface area contributed by atoms with Crippen molar-refractivity contribution >= 4 is 11.7 Å². The van der Waals surface area contributed by atoms with E-state index in [1.165, 1.54) is 0 Å². The summed E-state index contributed by atoms with van der Waals surface area (Å²) in [5.41, 5.74) is -3.03. The molecule has 15 heteroatoms. The molecule has 1 aliphatic rings. The minimum Gasteiger partial charge on any atom is -0.476 e. The Bertz CT molecular complexity index is 1350. The van der Waals surface area contributed by atoms with Crippen molar-refractivity contribution in [2.45, 2.75) is 12.0 Å². The number of rotatable bonds is 5. The van der Waals surface area contributed by atoms with Crippen molar-refractivity contribution in [1.82, 2.24) is 30.4 Å². The molecule has 1 saturated heterocycles. The fourth-order valence-corrected chi connectivity index (χ4v) is 3.07. The number of aromatic nitrogens is 6. The van der Waals surface area contributed by atoms with Crippen LogP contribution in [0, 0.1) is 0 Å². The molecule has 0 bridgehead atoms. The van der Waals surface area contributed by atoms with E-state index in [0.29, 0.717) is 0 Å². The molecule has 4 heterocycles. The number of hydrogen-bond donors (Lipinski definition) is 4. The number of carboxylic acid groups (broad SMARTS) is 1. The number of nitrogens with one attached hydrogen (secondary N) is 3. The quantitative estimate of drug-likeness (QED) is 0.384. The highest BCUT2D eigenvalue weighted by atomic mass is 19.3. The van der Waals surface area contributed by atoms with Gasteiger partial charge in [-0.3, -0.25) is 14.6 Å². The van der Waals surface area contributed by atoms with E-state index in [1.54, 1.807) is 0 Å². The van der Waals surface area contributed by atoms with Crippen molar-refractivity contribution < 1.29 is 23.4 Å². The molecule has 13 nitrogen and oxygen atoms in total. The third kappa shape index (κ3) is 3.94. The zero-order valence-electron chi connectivity index (χ0n) is 15.8. The summed E-state index contributed by atoms with van der Waals surface area (Å²) < 4.78 is 34.3. The first-order chi connectivity index (χ1) is 15.1. The number of carbonyl (C=O) groups is 1. The van der Waals surface area contributed by atoms with E-state index in [2.05, 4.69) is 25.4 Å². The number of aromatic amines is 3. The van der Waals surface area contributed by atoms with Crippen LogP contribution in [0.2, 0.25) is 0 Å². The van der Waals surface area contributed by atoms with Gasteiger partial charge in [0.15, 0.2) is 11.8 Å². The Hall–Kier alpha value is -4.43. The van der Waals surface area contributed by atoms with Crippen molar-refractivity contribution in [2.24, 2.45) is 0 Å². The van der Waals surface area contributed by atoms with E-state index >= 15 is 0 Å². The smallest absolute Gasteiger partial charge is 0.356 e. The summed E-state index contributed by atoms with van der Waals surface area (Å²) in [5, 5.41) is 21.5. The Morgan fingerprint density at radius 1 is 1.22 bits per heavy atom. The number of carboxylic acids is 1. The van der Waals surface area contributed by atoms with E-state index in [9.17, 15) is 28.0 Å². The molecule has 3 aromatic rings. The summed E-state index contributed by atoms with van der Waals surface area (Å²) in [6.45, 7) is -1.31. The van der Waals surface area contributed by atoms with Crippen LogP contribution in [0.3, 0.4) is 0 Å². The van der Waals surface area contributed by atoms with Crippen LogP contribution in [0.4, 0.5) is 14.5 Å². The molecular weight excluding hydrogens is 436 g/mol. The largest absolute Gasteiger partial charge is 0.476 e. The van der Waals surface area contributed by atoms with Crippen LogP contribution >= 0.6 is 0 Å². The van der Waals surface area contributed by atoms with Gasteiger partial charge in [-0.1, -0.05) is 0 Å². The maximum absolute atomic E-state index is 14.6. The number of aromatic carboxylic acids is 1. The van der Waals surface area contributed by atoms with Crippen LogP contribution in [0.5, 0.6) is 5.88 Å². The fourth-order valence-electron chi connectivity index (χ4n) is 3.07. The van der Waals surface area contributed by atoms with E-state index in [1.807, 2.05) is 4.98 Å². The zero-order valence-corrected chi connectivity index (χ0v) is 15.8. The van der Waals surface area contributed by atoms with Crippen molar-refractivity contribution in [3.05, 3.63) is 61.3 Å². The maximum Gasteiger partial charge on any atom is 0.356 e. The van der Waals surface area contributed by atoms with Crippen LogP contribution in [-0.2, 0) is 0 Å². The molecule has 1 unspecified atom stereocenters. The van der Waals surface area contributed by atoms with Gasteiger partial charge in [0.2, 0.25) is 5.88 Å². The standard InChI is InChI=1S/C17H13F2N7O6/c18-17(19)6-26(5-11(17)32-12-2-1-8(15(29)30)22-24-12)10-3-9(23-25-14(10)28)7-4-20-16(31)21-13(7)27/h1-4,11H,5-6H2,(H,25,28)(H,29,30)(H2,20,21,27,31). The van der Waals surface area contributed by atoms with Crippen LogP contribution in [-0.4, -0.2) is 66.6 Å². The van der Waals surface area contributed by atoms with Crippen LogP contribution in [0.25, 0.3) is 11.3 Å². The SMILES string of the molecule is O=C(O)c1ccc(OC2CN(c3cc(-c4c[nH]c(=O)[nH]c4=O)n[nH]c3=O)CC2(F)F)nn1. The number of ether oxygens (including phenoxy) is 1. The molecule has 166 valence electrons. The Kier molecular flexibility index (Phi) is 5.00. The third-order valence-electron chi connectivity index (χ3n) is 4.60. The highest BCUT2D eigenvalue weighted by Crippen LogP contribution is 2.33. The summed E-state index contributed by atoms with van der Waals surface area (Å²) in [4.78, 5) is 51.5. The van der Waals surface area contributed by atoms with Gasteiger partial charge in [0.05, 0.1) is 24.3 Å². The summed E-state index contributed by atoms with van der Waals surface area (Å²) in [6.07, 6.45) is -0.643. The lowest BCUT2D eigenvalue weighted by Crippen LogP contribution is -2.36. The van der Waals surface area contributed by atoms with Crippen molar-refractivity contribution in [2.75, 3.05) is 18.0 Å². The van der Waals surface area contributed by atoms with Crippen molar-refractivity contribution in [3.8, 4) is 17.1 Å². The molecule has 1 aliphatic heterocycles. The van der Waals surface area contributed by atoms with Gasteiger partial charge >= 0.3 is 17.6 Å². The predicted octanol–water partition coefficient (Wildman–Crippen LogP) is -0.795. The monoisotopic (exact) mass is 449 g/mol. The van der Waals surface area contributed by atoms with Crippen LogP contribution in [0.15, 0.2) is 38.8 Å². The number of hydrogen-bond acceptors (Lipinski definition) is 9. The lowest BCUT2D eigenvalue weighted by atomic mass is 10.2. The van der Waals surface area contributed by atoms with Gasteiger partial charge in [0.1, 0.15) is 5.69 Å². The Morgan fingerprint density at radius 3 is 2.66 bits per heavy atom. The second kappa shape index (κ2) is 7.68. The molecule has 1 atom stereocenters. The van der Waals surface area contributed by atoms with Crippen molar-refractivity contribution in [1.29, 1.82) is 0 Å². The van der Waals surface area contributed by atoms with Gasteiger partial charge in [-0.15, -0.1) is 10.2 Å². The average Bonchev–Trinajstić information content (AvgIpc) is 3.03. The lowest BCUT2D eigenvalue weighted by molar-refractivity contribution is -0.0611. The molecule has 32 heavy (non-hydrogen) atoms. The normalized spacial score (nSPS) is 17.3. The summed E-state index contributed by atoms with van der Waals surface area (Å²) in [6, 6.07) is 3.29. The van der Waals surface area contributed by atoms with E-state index in [-0.39, 0.29) is 28.5 Å². The Balaban J connectivity index is 1.60. The second-order valence-electron chi connectivity index (χ2n) is 6.76. The first kappa shape index (κ1) is 20.8. The van der Waals surface area contributed by atoms with Crippen LogP contribution in [0.1, 0.15) is 10.5 Å². The number of anilines is 1. The second-order valence-corrected chi connectivity index (χ2v) is 6.76. The molecule has 0 radical (unpaired) electrons. The Morgan fingerprint density at radius 2 is 2.00 bits per heavy atom. The first-order valence-corrected chi connectivity index (χ1v) is 8.92. The molecule has 3 aromatic heterocycles. The predicted molar refractivity (Wildman–Crippen MR) is 102 cm³/mol. The minimum atomic E-state index is -3.40. The molecular formula is C17H13F2N7O6. The average molecular weight is 449 g/mol. The zero-order chi connectivity index (χ0) is 23.0. The van der Waals surface area contributed by atoms with E-state index in [0.717, 1.165) is 29.3 Å². The van der Waals surface area contributed by atoms with E-state index < -0.39 is 47.9 Å². The number of alkyl halides is 2. The summed E-state index contributed by atoms with van der Waals surface area (Å²) >= 11 is 0. The molecule has 0 spiro atoms. The number of halogens is 2. The molecule has 4 N–H and O–H groups in total. The molecule has 0 aromatic carbocycles. The molecule has 1 fully saturated rings. The lowest BCUT2D eigenvalue weighted by Gasteiger charge is -2.17. The molecule has 0 saturated carbocycles. The van der Waals surface area contributed by atoms with Gasteiger partial charge in [-0.2, -0.15) is 5.10 Å². The topological polar surface area (TPSA) is 187 Å². The summed E-state index contributed by atoms with van der Waals surface area (Å²) in [7, 11) is 0. The maximum atomic E-state index is 14.6. The molecule has 4 rings (SSSR count). The molecule has 0 aliphatic carbocycles. The minimum absolute atomic E-state index is 0.0556. The van der Waals surface area contributed by atoms with Crippen LogP contribution < -0.4 is 26.4 Å². The summed E-state index contributed by atoms with van der Waals surface area (Å²) in [5.74, 6) is -5.06. The highest BCUT2D eigenvalue weighted by molar-refractivity contribution is 5.84. The van der Waals surface area contributed by atoms with Gasteiger partial charge < -0.3 is 19.7 Å². The van der Waals surface area contributed by atoms with Gasteiger partial charge in [0.25, 0.3) is 11.1 Å². The van der Waals surface area contributed by atoms with Gasteiger partial charge in [-0.25, -0.2) is 23.5 Å². The number of H-pyrrole nitrogens is 3. The van der Waals surface area contributed by atoms with Gasteiger partial charge in [-0.05, 0) is 12.1 Å². The third-order valence-corrected chi connectivity index (χ3v) is 4.60. The van der Waals surface area contributed by atoms with Gasteiger partial charge in [0, 0.05) is 12.3 Å². The Labute approximate surface area is 174 Å². The van der Waals surface area contributed by atoms with E-state index in [4.69, 9.17) is 9.84 Å². The fraction of sp³-hybridized carbons (Fsp3) is 0.235. The van der Waals surface area contributed by atoms with Crippen molar-refractivity contribution in [3.63, 3.8) is 0 Å². The highest BCUT2D eigenvalue weighted by Gasteiger charge is 2.51. The molecule has 0 amide bonds. The number of nitrogens with zero attached hydrogens (tertiary/aromatic N) is 4. The first-order valence-electron chi connectivity index (χ1n) is 8.92.